The first-order chi connectivity index (χ1) is 14.1. The van der Waals surface area contributed by atoms with E-state index in [0.717, 1.165) is 0 Å². The second kappa shape index (κ2) is 10.5. The van der Waals surface area contributed by atoms with Gasteiger partial charge < -0.3 is 14.2 Å². The van der Waals surface area contributed by atoms with Crippen molar-refractivity contribution < 1.29 is 23.8 Å². The summed E-state index contributed by atoms with van der Waals surface area (Å²) in [5.74, 6) is -0.828. The van der Waals surface area contributed by atoms with Crippen molar-refractivity contribution in [2.45, 2.75) is 20.5 Å². The second-order valence-electron chi connectivity index (χ2n) is 5.93. The lowest BCUT2D eigenvalue weighted by molar-refractivity contribution is 0.0514. The van der Waals surface area contributed by atoms with Crippen LogP contribution in [-0.4, -0.2) is 34.5 Å². The average Bonchev–Trinajstić information content (AvgIpc) is 2.73. The van der Waals surface area contributed by atoms with Crippen molar-refractivity contribution in [2.24, 2.45) is 0 Å². The number of aromatic nitrogens is 2. The lowest BCUT2D eigenvalue weighted by Gasteiger charge is -2.12. The molecule has 0 atom stereocenters. The SMILES string of the molecule is Br.CCOC(=O)c1ccccc1COc1cccn2c(=O)c(C(=O)OCC)cnc12. The highest BCUT2D eigenvalue weighted by molar-refractivity contribution is 8.93. The smallest absolute Gasteiger partial charge is 0.345 e. The molecule has 0 aliphatic carbocycles. The molecule has 0 unspecified atom stereocenters. The van der Waals surface area contributed by atoms with Gasteiger partial charge in [0.25, 0.3) is 5.56 Å². The second-order valence-corrected chi connectivity index (χ2v) is 5.93. The summed E-state index contributed by atoms with van der Waals surface area (Å²) in [5.41, 5.74) is 0.585. The Kier molecular flexibility index (Phi) is 8.11. The van der Waals surface area contributed by atoms with Crippen LogP contribution < -0.4 is 10.3 Å². The van der Waals surface area contributed by atoms with Crippen molar-refractivity contribution >= 4 is 34.6 Å². The number of carbonyl (C=O) groups excluding carboxylic acids is 2. The summed E-state index contributed by atoms with van der Waals surface area (Å²) in [6.07, 6.45) is 2.67. The summed E-state index contributed by atoms with van der Waals surface area (Å²) in [4.78, 5) is 40.8. The van der Waals surface area contributed by atoms with E-state index in [1.54, 1.807) is 50.2 Å². The van der Waals surface area contributed by atoms with Gasteiger partial charge in [0, 0.05) is 18.0 Å². The Balaban J connectivity index is 0.00000320. The summed E-state index contributed by atoms with van der Waals surface area (Å²) in [5, 5.41) is 0. The molecule has 0 saturated heterocycles. The average molecular weight is 477 g/mol. The van der Waals surface area contributed by atoms with E-state index in [2.05, 4.69) is 4.98 Å². The molecular weight excluding hydrogens is 456 g/mol. The summed E-state index contributed by atoms with van der Waals surface area (Å²) in [6, 6.07) is 10.2. The zero-order chi connectivity index (χ0) is 20.8. The van der Waals surface area contributed by atoms with Gasteiger partial charge in [-0.15, -0.1) is 17.0 Å². The highest BCUT2D eigenvalue weighted by Gasteiger charge is 2.17. The van der Waals surface area contributed by atoms with E-state index in [4.69, 9.17) is 14.2 Å². The van der Waals surface area contributed by atoms with Crippen LogP contribution in [-0.2, 0) is 16.1 Å². The zero-order valence-electron chi connectivity index (χ0n) is 16.5. The maximum atomic E-state index is 12.6. The molecule has 0 radical (unpaired) electrons. The molecule has 0 aliphatic heterocycles. The molecule has 30 heavy (non-hydrogen) atoms. The first kappa shape index (κ1) is 23.1. The van der Waals surface area contributed by atoms with Crippen LogP contribution in [0.2, 0.25) is 0 Å². The van der Waals surface area contributed by atoms with E-state index in [1.165, 1.54) is 16.8 Å². The Morgan fingerprint density at radius 2 is 1.63 bits per heavy atom. The third-order valence-corrected chi connectivity index (χ3v) is 4.09. The predicted octanol–water partition coefficient (Wildman–Crippen LogP) is 3.20. The summed E-state index contributed by atoms with van der Waals surface area (Å²) in [6.45, 7) is 3.90. The fraction of sp³-hybridized carbons (Fsp3) is 0.238. The van der Waals surface area contributed by atoms with E-state index >= 15 is 0 Å². The summed E-state index contributed by atoms with van der Waals surface area (Å²) < 4.78 is 17.0. The third-order valence-electron chi connectivity index (χ3n) is 4.09. The van der Waals surface area contributed by atoms with Gasteiger partial charge in [-0.1, -0.05) is 18.2 Å². The minimum Gasteiger partial charge on any atom is -0.485 e. The fourth-order valence-corrected chi connectivity index (χ4v) is 2.75. The topological polar surface area (TPSA) is 96.2 Å². The number of halogens is 1. The van der Waals surface area contributed by atoms with Gasteiger partial charge in [-0.2, -0.15) is 0 Å². The molecule has 0 saturated carbocycles. The summed E-state index contributed by atoms with van der Waals surface area (Å²) >= 11 is 0. The van der Waals surface area contributed by atoms with Crippen LogP contribution in [0.5, 0.6) is 5.75 Å². The van der Waals surface area contributed by atoms with E-state index in [0.29, 0.717) is 16.9 Å². The number of pyridine rings is 1. The molecule has 0 fully saturated rings. The van der Waals surface area contributed by atoms with Crippen molar-refractivity contribution in [3.8, 4) is 5.75 Å². The molecule has 3 aromatic rings. The Hall–Kier alpha value is -3.20. The van der Waals surface area contributed by atoms with Gasteiger partial charge in [0.15, 0.2) is 11.4 Å². The van der Waals surface area contributed by atoms with Crippen molar-refractivity contribution in [3.63, 3.8) is 0 Å². The maximum Gasteiger partial charge on any atom is 0.345 e. The quantitative estimate of drug-likeness (QED) is 0.483. The molecule has 1 aromatic carbocycles. The van der Waals surface area contributed by atoms with Gasteiger partial charge in [0.1, 0.15) is 12.2 Å². The highest BCUT2D eigenvalue weighted by atomic mass is 79.9. The molecule has 9 heteroatoms. The number of nitrogens with zero attached hydrogens (tertiary/aromatic N) is 2. The van der Waals surface area contributed by atoms with Crippen LogP contribution in [0, 0.1) is 0 Å². The molecule has 2 aromatic heterocycles. The number of hydrogen-bond acceptors (Lipinski definition) is 7. The fourth-order valence-electron chi connectivity index (χ4n) is 2.75. The van der Waals surface area contributed by atoms with E-state index in [9.17, 15) is 14.4 Å². The monoisotopic (exact) mass is 476 g/mol. The van der Waals surface area contributed by atoms with Crippen LogP contribution in [0.4, 0.5) is 0 Å². The largest absolute Gasteiger partial charge is 0.485 e. The van der Waals surface area contributed by atoms with E-state index < -0.39 is 17.5 Å². The minimum absolute atomic E-state index is 0. The molecule has 8 nitrogen and oxygen atoms in total. The van der Waals surface area contributed by atoms with Gasteiger partial charge in [-0.05, 0) is 32.0 Å². The first-order valence-electron chi connectivity index (χ1n) is 9.12. The number of fused-ring (bicyclic) bond motifs is 1. The maximum absolute atomic E-state index is 12.6. The molecule has 0 spiro atoms. The van der Waals surface area contributed by atoms with Crippen LogP contribution in [0.15, 0.2) is 53.6 Å². The predicted molar refractivity (Wildman–Crippen MR) is 114 cm³/mol. The number of rotatable bonds is 7. The number of benzene rings is 1. The Morgan fingerprint density at radius 3 is 2.33 bits per heavy atom. The summed E-state index contributed by atoms with van der Waals surface area (Å²) in [7, 11) is 0. The highest BCUT2D eigenvalue weighted by Crippen LogP contribution is 2.19. The first-order valence-corrected chi connectivity index (χ1v) is 9.12. The van der Waals surface area contributed by atoms with E-state index in [1.807, 2.05) is 0 Å². The molecule has 3 rings (SSSR count). The van der Waals surface area contributed by atoms with Gasteiger partial charge in [-0.25, -0.2) is 14.6 Å². The Morgan fingerprint density at radius 1 is 0.967 bits per heavy atom. The van der Waals surface area contributed by atoms with Gasteiger partial charge in [0.05, 0.1) is 18.8 Å². The lowest BCUT2D eigenvalue weighted by Crippen LogP contribution is -2.24. The standard InChI is InChI=1S/C21H20N2O6.BrH/c1-3-27-20(25)15-9-6-5-8-14(15)13-29-17-10-7-11-23-18(17)22-12-16(19(23)24)21(26)28-4-2;/h5-12H,3-4,13H2,1-2H3;1H. The van der Waals surface area contributed by atoms with Crippen molar-refractivity contribution in [1.82, 2.24) is 9.38 Å². The Bertz CT molecular complexity index is 1110. The van der Waals surface area contributed by atoms with Crippen molar-refractivity contribution in [3.05, 3.63) is 75.8 Å². The number of ether oxygens (including phenoxy) is 3. The molecule has 2 heterocycles. The Labute approximate surface area is 183 Å². The minimum atomic E-state index is -0.728. The normalized spacial score (nSPS) is 10.2. The van der Waals surface area contributed by atoms with Gasteiger partial charge in [-0.3, -0.25) is 9.20 Å². The molecule has 0 amide bonds. The molecule has 0 aliphatic rings. The third kappa shape index (κ3) is 4.85. The number of esters is 2. The molecule has 0 bridgehead atoms. The van der Waals surface area contributed by atoms with Crippen molar-refractivity contribution in [2.75, 3.05) is 13.2 Å². The lowest BCUT2D eigenvalue weighted by atomic mass is 10.1. The van der Waals surface area contributed by atoms with Crippen LogP contribution >= 0.6 is 17.0 Å². The molecular formula is C21H21BrN2O6. The number of carbonyl (C=O) groups is 2. The van der Waals surface area contributed by atoms with Crippen LogP contribution in [0.25, 0.3) is 5.65 Å². The van der Waals surface area contributed by atoms with Crippen LogP contribution in [0.3, 0.4) is 0 Å². The molecule has 0 N–H and O–H groups in total. The number of hydrogen-bond donors (Lipinski definition) is 0. The van der Waals surface area contributed by atoms with Gasteiger partial charge >= 0.3 is 11.9 Å². The van der Waals surface area contributed by atoms with Crippen LogP contribution in [0.1, 0.15) is 40.1 Å². The van der Waals surface area contributed by atoms with Crippen molar-refractivity contribution in [1.29, 1.82) is 0 Å². The van der Waals surface area contributed by atoms with E-state index in [-0.39, 0.29) is 48.0 Å². The molecule has 158 valence electrons. The zero-order valence-corrected chi connectivity index (χ0v) is 18.2. The van der Waals surface area contributed by atoms with Gasteiger partial charge in [0.2, 0.25) is 0 Å².